The van der Waals surface area contributed by atoms with Crippen molar-refractivity contribution in [3.05, 3.63) is 35.9 Å². The van der Waals surface area contributed by atoms with Crippen LogP contribution in [0.4, 0.5) is 0 Å². The minimum Gasteiger partial charge on any atom is -0.394 e. The van der Waals surface area contributed by atoms with E-state index in [4.69, 9.17) is 18.9 Å². The van der Waals surface area contributed by atoms with E-state index in [9.17, 15) is 10.2 Å². The Hall–Kier alpha value is -1.02. The highest BCUT2D eigenvalue weighted by Crippen LogP contribution is 2.44. The lowest BCUT2D eigenvalue weighted by atomic mass is 9.94. The van der Waals surface area contributed by atoms with Crippen molar-refractivity contribution >= 4 is 0 Å². The maximum Gasteiger partial charge on any atom is 0.186 e. The quantitative estimate of drug-likeness (QED) is 0.824. The first-order valence-corrected chi connectivity index (χ1v) is 6.53. The van der Waals surface area contributed by atoms with Gasteiger partial charge in [0.2, 0.25) is 0 Å². The molecular formula is C14H18O6. The van der Waals surface area contributed by atoms with Gasteiger partial charge in [-0.05, 0) is 0 Å². The molecule has 2 N–H and O–H groups in total. The van der Waals surface area contributed by atoms with Crippen molar-refractivity contribution in [1.29, 1.82) is 0 Å². The van der Waals surface area contributed by atoms with Gasteiger partial charge < -0.3 is 29.2 Å². The van der Waals surface area contributed by atoms with Crippen LogP contribution in [0.25, 0.3) is 0 Å². The average molecular weight is 282 g/mol. The molecule has 2 aliphatic heterocycles. The number of aliphatic hydroxyl groups is 2. The van der Waals surface area contributed by atoms with E-state index in [1.54, 1.807) is 0 Å². The van der Waals surface area contributed by atoms with Crippen molar-refractivity contribution in [2.24, 2.45) is 0 Å². The molecule has 5 atom stereocenters. The van der Waals surface area contributed by atoms with Crippen LogP contribution >= 0.6 is 0 Å². The van der Waals surface area contributed by atoms with Gasteiger partial charge in [-0.2, -0.15) is 0 Å². The van der Waals surface area contributed by atoms with Crippen LogP contribution in [0.5, 0.6) is 0 Å². The largest absolute Gasteiger partial charge is 0.394 e. The molecule has 0 amide bonds. The fraction of sp³-hybridized carbons (Fsp3) is 0.571. The van der Waals surface area contributed by atoms with Crippen molar-refractivity contribution in [1.82, 2.24) is 0 Å². The highest BCUT2D eigenvalue weighted by atomic mass is 16.8. The summed E-state index contributed by atoms with van der Waals surface area (Å²) < 4.78 is 22.1. The third kappa shape index (κ3) is 2.05. The van der Waals surface area contributed by atoms with Crippen LogP contribution in [0, 0.1) is 0 Å². The second-order valence-corrected chi connectivity index (χ2v) is 4.98. The smallest absolute Gasteiger partial charge is 0.186 e. The zero-order chi connectivity index (χ0) is 14.2. The summed E-state index contributed by atoms with van der Waals surface area (Å²) in [6.45, 7) is -0.138. The topological polar surface area (TPSA) is 77.4 Å². The maximum atomic E-state index is 10.3. The maximum absolute atomic E-state index is 10.3. The van der Waals surface area contributed by atoms with Gasteiger partial charge in [-0.3, -0.25) is 0 Å². The molecule has 0 bridgehead atoms. The standard InChI is InChI=1S/C14H18O6/c1-17-13-11(16)14(10(7-15)19-13)8-18-12(20-14)9-5-3-2-4-6-9/h2-6,10-13,15-16H,7-8H2,1H3/t10-,11-,12?,13+,14-/m1/s1. The summed E-state index contributed by atoms with van der Waals surface area (Å²) in [5.74, 6) is 0. The van der Waals surface area contributed by atoms with E-state index in [-0.39, 0.29) is 13.2 Å². The minimum absolute atomic E-state index is 0.138. The molecule has 2 fully saturated rings. The summed E-state index contributed by atoms with van der Waals surface area (Å²) in [5, 5.41) is 19.8. The van der Waals surface area contributed by atoms with Crippen LogP contribution in [0.15, 0.2) is 30.3 Å². The predicted octanol–water partition coefficient (Wildman–Crippen LogP) is 0.195. The zero-order valence-corrected chi connectivity index (χ0v) is 11.1. The molecule has 0 aliphatic carbocycles. The Balaban J connectivity index is 1.83. The number of aliphatic hydroxyl groups excluding tert-OH is 2. The molecule has 0 aromatic heterocycles. The average Bonchev–Trinajstić information content (AvgIpc) is 3.05. The van der Waals surface area contributed by atoms with E-state index in [1.165, 1.54) is 7.11 Å². The SMILES string of the molecule is CO[C@H]1O[C@H](CO)[C@]2(COC(c3ccccc3)O2)[C@@H]1O. The second-order valence-electron chi connectivity index (χ2n) is 4.98. The molecule has 0 radical (unpaired) electrons. The van der Waals surface area contributed by atoms with Crippen LogP contribution in [0.3, 0.4) is 0 Å². The lowest BCUT2D eigenvalue weighted by molar-refractivity contribution is -0.153. The number of benzene rings is 1. The Kier molecular flexibility index (Phi) is 3.76. The van der Waals surface area contributed by atoms with E-state index in [0.29, 0.717) is 0 Å². The van der Waals surface area contributed by atoms with Crippen LogP contribution in [-0.4, -0.2) is 54.6 Å². The fourth-order valence-corrected chi connectivity index (χ4v) is 2.73. The lowest BCUT2D eigenvalue weighted by Crippen LogP contribution is -2.51. The number of hydrogen-bond acceptors (Lipinski definition) is 6. The van der Waals surface area contributed by atoms with Crippen LogP contribution in [0.1, 0.15) is 11.9 Å². The third-order valence-electron chi connectivity index (χ3n) is 3.86. The van der Waals surface area contributed by atoms with Crippen molar-refractivity contribution in [3.8, 4) is 0 Å². The molecule has 0 saturated carbocycles. The summed E-state index contributed by atoms with van der Waals surface area (Å²) >= 11 is 0. The Morgan fingerprint density at radius 3 is 2.75 bits per heavy atom. The first-order chi connectivity index (χ1) is 9.71. The van der Waals surface area contributed by atoms with E-state index in [1.807, 2.05) is 30.3 Å². The molecule has 3 rings (SSSR count). The summed E-state index contributed by atoms with van der Waals surface area (Å²) in [6, 6.07) is 9.44. The molecule has 6 heteroatoms. The third-order valence-corrected chi connectivity index (χ3v) is 3.86. The number of rotatable bonds is 3. The molecule has 1 aromatic rings. The van der Waals surface area contributed by atoms with Crippen LogP contribution in [-0.2, 0) is 18.9 Å². The Bertz CT molecular complexity index is 448. The highest BCUT2D eigenvalue weighted by molar-refractivity contribution is 5.18. The van der Waals surface area contributed by atoms with Gasteiger partial charge in [-0.25, -0.2) is 0 Å². The van der Waals surface area contributed by atoms with Crippen LogP contribution in [0.2, 0.25) is 0 Å². The summed E-state index contributed by atoms with van der Waals surface area (Å²) in [7, 11) is 1.44. The summed E-state index contributed by atoms with van der Waals surface area (Å²) in [6.07, 6.45) is -3.11. The monoisotopic (exact) mass is 282 g/mol. The molecule has 20 heavy (non-hydrogen) atoms. The van der Waals surface area contributed by atoms with Crippen molar-refractivity contribution < 1.29 is 29.2 Å². The van der Waals surface area contributed by atoms with Gasteiger partial charge in [-0.1, -0.05) is 30.3 Å². The molecule has 1 aromatic carbocycles. The molecule has 1 unspecified atom stereocenters. The second kappa shape index (κ2) is 5.40. The van der Waals surface area contributed by atoms with E-state index in [0.717, 1.165) is 5.56 Å². The van der Waals surface area contributed by atoms with Gasteiger partial charge in [0, 0.05) is 12.7 Å². The number of hydrogen-bond donors (Lipinski definition) is 2. The van der Waals surface area contributed by atoms with E-state index >= 15 is 0 Å². The summed E-state index contributed by atoms with van der Waals surface area (Å²) in [5.41, 5.74) is -0.246. The zero-order valence-electron chi connectivity index (χ0n) is 11.1. The van der Waals surface area contributed by atoms with Gasteiger partial charge in [0.05, 0.1) is 13.2 Å². The van der Waals surface area contributed by atoms with E-state index in [2.05, 4.69) is 0 Å². The van der Waals surface area contributed by atoms with Crippen molar-refractivity contribution in [2.45, 2.75) is 30.4 Å². The van der Waals surface area contributed by atoms with Gasteiger partial charge in [-0.15, -0.1) is 0 Å². The summed E-state index contributed by atoms with van der Waals surface area (Å²) in [4.78, 5) is 0. The first kappa shape index (κ1) is 13.9. The van der Waals surface area contributed by atoms with Crippen LogP contribution < -0.4 is 0 Å². The number of methoxy groups -OCH3 is 1. The van der Waals surface area contributed by atoms with Gasteiger partial charge >= 0.3 is 0 Å². The highest BCUT2D eigenvalue weighted by Gasteiger charge is 2.61. The van der Waals surface area contributed by atoms with Crippen molar-refractivity contribution in [3.63, 3.8) is 0 Å². The Labute approximate surface area is 116 Å². The minimum atomic E-state index is -1.10. The number of ether oxygens (including phenoxy) is 4. The molecule has 110 valence electrons. The van der Waals surface area contributed by atoms with Gasteiger partial charge in [0.15, 0.2) is 18.2 Å². The fourth-order valence-electron chi connectivity index (χ4n) is 2.73. The normalized spacial score (nSPS) is 40.5. The Morgan fingerprint density at radius 2 is 2.10 bits per heavy atom. The van der Waals surface area contributed by atoms with Gasteiger partial charge in [0.25, 0.3) is 0 Å². The molecule has 2 heterocycles. The first-order valence-electron chi connectivity index (χ1n) is 6.53. The predicted molar refractivity (Wildman–Crippen MR) is 67.7 cm³/mol. The van der Waals surface area contributed by atoms with E-state index < -0.39 is 30.4 Å². The molecule has 2 saturated heterocycles. The lowest BCUT2D eigenvalue weighted by Gasteiger charge is -2.29. The molecular weight excluding hydrogens is 264 g/mol. The van der Waals surface area contributed by atoms with Gasteiger partial charge in [0.1, 0.15) is 12.2 Å². The molecule has 1 spiro atoms. The molecule has 6 nitrogen and oxygen atoms in total. The molecule has 2 aliphatic rings. The Morgan fingerprint density at radius 1 is 1.35 bits per heavy atom. The van der Waals surface area contributed by atoms with Crippen molar-refractivity contribution in [2.75, 3.05) is 20.3 Å².